The number of aliphatic hydroxyl groups excluding tert-OH is 1. The zero-order chi connectivity index (χ0) is 19.1. The summed E-state index contributed by atoms with van der Waals surface area (Å²) in [5, 5.41) is 21.8. The molecule has 1 aromatic heterocycles. The van der Waals surface area contributed by atoms with Gasteiger partial charge in [-0.1, -0.05) is 24.3 Å². The average molecular weight is 375 g/mol. The van der Waals surface area contributed by atoms with E-state index in [-0.39, 0.29) is 5.76 Å². The third-order valence-electron chi connectivity index (χ3n) is 4.94. The van der Waals surface area contributed by atoms with E-state index in [4.69, 9.17) is 10.4 Å². The van der Waals surface area contributed by atoms with Crippen LogP contribution in [-0.2, 0) is 0 Å². The van der Waals surface area contributed by atoms with Crippen LogP contribution in [0.4, 0.5) is 5.69 Å². The first-order chi connectivity index (χ1) is 12.9. The molecule has 5 heteroatoms. The van der Waals surface area contributed by atoms with Crippen LogP contribution in [0, 0.1) is 26.2 Å². The molecule has 2 N–H and O–H groups in total. The predicted octanol–water partition coefficient (Wildman–Crippen LogP) is 5.50. The summed E-state index contributed by atoms with van der Waals surface area (Å²) in [4.78, 5) is 6.53. The predicted molar refractivity (Wildman–Crippen MR) is 113 cm³/mol. The Balaban J connectivity index is 1.66. The Morgan fingerprint density at radius 2 is 1.89 bits per heavy atom. The van der Waals surface area contributed by atoms with E-state index in [0.29, 0.717) is 23.0 Å². The molecule has 1 aliphatic heterocycles. The van der Waals surface area contributed by atoms with Gasteiger partial charge in [0, 0.05) is 16.6 Å². The smallest absolute Gasteiger partial charge is 0.139 e. The zero-order valence-corrected chi connectivity index (χ0v) is 16.4. The molecule has 0 aliphatic carbocycles. The zero-order valence-electron chi connectivity index (χ0n) is 15.6. The SMILES string of the molecule is Cc1cccc(N2CC(O)=C(c3nc(-c4ccc(C)c(C)c4)cs3)C2=N)c1. The molecule has 2 heterocycles. The monoisotopic (exact) mass is 375 g/mol. The Morgan fingerprint density at radius 3 is 2.63 bits per heavy atom. The van der Waals surface area contributed by atoms with Gasteiger partial charge < -0.3 is 10.0 Å². The Labute approximate surface area is 163 Å². The Bertz CT molecular complexity index is 1080. The molecule has 2 aromatic carbocycles. The fraction of sp³-hybridized carbons (Fsp3) is 0.182. The van der Waals surface area contributed by atoms with Gasteiger partial charge in [-0.05, 0) is 55.7 Å². The average Bonchev–Trinajstić information content (AvgIpc) is 3.22. The van der Waals surface area contributed by atoms with Crippen LogP contribution in [0.2, 0.25) is 0 Å². The van der Waals surface area contributed by atoms with Crippen LogP contribution in [0.3, 0.4) is 0 Å². The van der Waals surface area contributed by atoms with Crippen molar-refractivity contribution in [1.82, 2.24) is 4.98 Å². The van der Waals surface area contributed by atoms with Gasteiger partial charge in [-0.25, -0.2) is 4.98 Å². The van der Waals surface area contributed by atoms with E-state index in [1.807, 2.05) is 41.5 Å². The normalized spacial score (nSPS) is 14.3. The van der Waals surface area contributed by atoms with Crippen molar-refractivity contribution in [3.05, 3.63) is 75.3 Å². The van der Waals surface area contributed by atoms with Gasteiger partial charge >= 0.3 is 0 Å². The van der Waals surface area contributed by atoms with E-state index >= 15 is 0 Å². The van der Waals surface area contributed by atoms with Crippen molar-refractivity contribution in [2.75, 3.05) is 11.4 Å². The molecule has 4 rings (SSSR count). The molecule has 1 aliphatic rings. The van der Waals surface area contributed by atoms with Gasteiger partial charge in [0.1, 0.15) is 16.6 Å². The number of thiazole rings is 1. The van der Waals surface area contributed by atoms with Crippen molar-refractivity contribution >= 4 is 28.4 Å². The van der Waals surface area contributed by atoms with Gasteiger partial charge in [0.05, 0.1) is 17.8 Å². The lowest BCUT2D eigenvalue weighted by atomic mass is 10.1. The maximum atomic E-state index is 10.5. The van der Waals surface area contributed by atoms with E-state index in [1.54, 1.807) is 0 Å². The first-order valence-electron chi connectivity index (χ1n) is 8.83. The molecule has 3 aromatic rings. The number of amidine groups is 1. The summed E-state index contributed by atoms with van der Waals surface area (Å²) < 4.78 is 0. The minimum Gasteiger partial charge on any atom is -0.510 e. The van der Waals surface area contributed by atoms with Gasteiger partial charge in [0.25, 0.3) is 0 Å². The lowest BCUT2D eigenvalue weighted by Crippen LogP contribution is -2.26. The number of aliphatic hydroxyl groups is 1. The molecular weight excluding hydrogens is 354 g/mol. The number of hydrogen-bond donors (Lipinski definition) is 2. The fourth-order valence-electron chi connectivity index (χ4n) is 3.24. The number of benzene rings is 2. The molecule has 0 bridgehead atoms. The molecule has 4 nitrogen and oxygen atoms in total. The van der Waals surface area contributed by atoms with Crippen LogP contribution in [0.15, 0.2) is 53.6 Å². The van der Waals surface area contributed by atoms with Crippen molar-refractivity contribution < 1.29 is 5.11 Å². The largest absolute Gasteiger partial charge is 0.510 e. The third kappa shape index (κ3) is 3.15. The molecule has 136 valence electrons. The highest BCUT2D eigenvalue weighted by Gasteiger charge is 2.31. The molecule has 0 amide bonds. The minimum atomic E-state index is 0.197. The maximum Gasteiger partial charge on any atom is 0.139 e. The molecule has 27 heavy (non-hydrogen) atoms. The molecule has 0 atom stereocenters. The molecule has 0 saturated carbocycles. The number of rotatable bonds is 3. The van der Waals surface area contributed by atoms with Gasteiger partial charge in [0.15, 0.2) is 0 Å². The van der Waals surface area contributed by atoms with Crippen molar-refractivity contribution in [2.24, 2.45) is 0 Å². The molecule has 0 unspecified atom stereocenters. The molecule has 0 spiro atoms. The van der Waals surface area contributed by atoms with Crippen molar-refractivity contribution in [2.45, 2.75) is 20.8 Å². The van der Waals surface area contributed by atoms with Gasteiger partial charge in [-0.3, -0.25) is 5.41 Å². The van der Waals surface area contributed by atoms with Gasteiger partial charge in [0.2, 0.25) is 0 Å². The number of aromatic nitrogens is 1. The van der Waals surface area contributed by atoms with E-state index in [1.165, 1.54) is 22.5 Å². The summed E-state index contributed by atoms with van der Waals surface area (Å²) in [5.41, 5.74) is 6.97. The number of nitrogens with zero attached hydrogens (tertiary/aromatic N) is 2. The summed E-state index contributed by atoms with van der Waals surface area (Å²) in [6.45, 7) is 6.51. The highest BCUT2D eigenvalue weighted by molar-refractivity contribution is 7.11. The summed E-state index contributed by atoms with van der Waals surface area (Å²) in [6, 6.07) is 14.3. The number of nitrogens with one attached hydrogen (secondary N) is 1. The van der Waals surface area contributed by atoms with Crippen LogP contribution < -0.4 is 4.90 Å². The number of aryl methyl sites for hydroxylation is 3. The van der Waals surface area contributed by atoms with E-state index in [2.05, 4.69) is 32.0 Å². The van der Waals surface area contributed by atoms with Gasteiger partial charge in [-0.2, -0.15) is 0 Å². The van der Waals surface area contributed by atoms with E-state index < -0.39 is 0 Å². The van der Waals surface area contributed by atoms with Crippen molar-refractivity contribution in [3.63, 3.8) is 0 Å². The topological polar surface area (TPSA) is 60.2 Å². The first-order valence-corrected chi connectivity index (χ1v) is 9.71. The van der Waals surface area contributed by atoms with E-state index in [0.717, 1.165) is 22.5 Å². The maximum absolute atomic E-state index is 10.5. The lowest BCUT2D eigenvalue weighted by Gasteiger charge is -2.19. The molecule has 0 fully saturated rings. The second-order valence-electron chi connectivity index (χ2n) is 6.93. The Morgan fingerprint density at radius 1 is 1.07 bits per heavy atom. The second-order valence-corrected chi connectivity index (χ2v) is 7.79. The quantitative estimate of drug-likeness (QED) is 0.635. The molecule has 0 radical (unpaired) electrons. The summed E-state index contributed by atoms with van der Waals surface area (Å²) in [5.74, 6) is 0.488. The molecule has 0 saturated heterocycles. The van der Waals surface area contributed by atoms with Crippen LogP contribution in [-0.4, -0.2) is 22.5 Å². The molecular formula is C22H21N3OS. The fourth-order valence-corrected chi connectivity index (χ4v) is 4.14. The Hall–Kier alpha value is -2.92. The number of hydrogen-bond acceptors (Lipinski definition) is 4. The first kappa shape index (κ1) is 17.5. The van der Waals surface area contributed by atoms with Gasteiger partial charge in [-0.15, -0.1) is 11.3 Å². The van der Waals surface area contributed by atoms with Crippen LogP contribution in [0.1, 0.15) is 21.7 Å². The second kappa shape index (κ2) is 6.67. The summed E-state index contributed by atoms with van der Waals surface area (Å²) in [7, 11) is 0. The van der Waals surface area contributed by atoms with Crippen LogP contribution >= 0.6 is 11.3 Å². The van der Waals surface area contributed by atoms with E-state index in [9.17, 15) is 5.11 Å². The third-order valence-corrected chi connectivity index (χ3v) is 5.80. The summed E-state index contributed by atoms with van der Waals surface area (Å²) in [6.07, 6.45) is 0. The van der Waals surface area contributed by atoms with Crippen LogP contribution in [0.25, 0.3) is 16.8 Å². The summed E-state index contributed by atoms with van der Waals surface area (Å²) >= 11 is 1.46. The number of anilines is 1. The van der Waals surface area contributed by atoms with Crippen LogP contribution in [0.5, 0.6) is 0 Å². The van der Waals surface area contributed by atoms with Crippen molar-refractivity contribution in [1.29, 1.82) is 5.41 Å². The Kier molecular flexibility index (Phi) is 4.32. The minimum absolute atomic E-state index is 0.197. The highest BCUT2D eigenvalue weighted by atomic mass is 32.1. The standard InChI is InChI=1S/C22H21N3OS/c1-13-5-4-6-17(9-13)25-11-19(26)20(21(25)23)22-24-18(12-27-22)16-8-7-14(2)15(3)10-16/h4-10,12,23,26H,11H2,1-3H3. The van der Waals surface area contributed by atoms with Crippen molar-refractivity contribution in [3.8, 4) is 11.3 Å². The lowest BCUT2D eigenvalue weighted by molar-refractivity contribution is 0.411. The highest BCUT2D eigenvalue weighted by Crippen LogP contribution is 2.34.